The van der Waals surface area contributed by atoms with Gasteiger partial charge in [0.25, 0.3) is 5.91 Å². The van der Waals surface area contributed by atoms with E-state index in [2.05, 4.69) is 15.4 Å². The number of alkyl halides is 3. The molecule has 6 nitrogen and oxygen atoms in total. The number of amides is 1. The summed E-state index contributed by atoms with van der Waals surface area (Å²) >= 11 is 0. The zero-order chi connectivity index (χ0) is 18.6. The Kier molecular flexibility index (Phi) is 3.43. The molecule has 0 radical (unpaired) electrons. The molecule has 4 rings (SSSR count). The Morgan fingerprint density at radius 3 is 2.73 bits per heavy atom. The van der Waals surface area contributed by atoms with Gasteiger partial charge in [0.15, 0.2) is 0 Å². The van der Waals surface area contributed by atoms with Gasteiger partial charge in [0.1, 0.15) is 6.33 Å². The standard InChI is InChI=1S/C17H14F3N5O/c1-9-7-10(15(26)22-16-21-8-24(2)23-16)13-14(18)17(19,20)11-5-3-4-6-12(11)25(9)13/h3-8,14H,1-2H3,(H,22,23,26). The lowest BCUT2D eigenvalue weighted by atomic mass is 9.94. The SMILES string of the molecule is Cc1cc(C(=O)Nc2ncn(C)n2)c2n1-c1ccccc1C(F)(F)C2F. The van der Waals surface area contributed by atoms with Crippen LogP contribution in [0.5, 0.6) is 0 Å². The maximum Gasteiger partial charge on any atom is 0.311 e. The summed E-state index contributed by atoms with van der Waals surface area (Å²) in [5.41, 5.74) is -0.313. The van der Waals surface area contributed by atoms with Gasteiger partial charge in [-0.1, -0.05) is 18.2 Å². The van der Waals surface area contributed by atoms with Crippen molar-refractivity contribution in [3.05, 3.63) is 59.2 Å². The molecule has 9 heteroatoms. The molecule has 1 N–H and O–H groups in total. The monoisotopic (exact) mass is 361 g/mol. The minimum absolute atomic E-state index is 0.00785. The van der Waals surface area contributed by atoms with Gasteiger partial charge in [0.2, 0.25) is 12.1 Å². The fraction of sp³-hybridized carbons (Fsp3) is 0.235. The first-order chi connectivity index (χ1) is 12.3. The van der Waals surface area contributed by atoms with Crippen LogP contribution >= 0.6 is 0 Å². The fourth-order valence-corrected chi connectivity index (χ4v) is 3.23. The van der Waals surface area contributed by atoms with E-state index in [0.29, 0.717) is 5.69 Å². The van der Waals surface area contributed by atoms with E-state index in [1.165, 1.54) is 39.8 Å². The second kappa shape index (κ2) is 5.45. The Hall–Kier alpha value is -3.10. The molecule has 0 saturated carbocycles. The van der Waals surface area contributed by atoms with Gasteiger partial charge in [0.05, 0.1) is 16.9 Å². The number of carbonyl (C=O) groups excluding carboxylic acids is 1. The molecule has 0 spiro atoms. The van der Waals surface area contributed by atoms with E-state index in [1.807, 2.05) is 0 Å². The third-order valence-corrected chi connectivity index (χ3v) is 4.35. The van der Waals surface area contributed by atoms with E-state index in [4.69, 9.17) is 0 Å². The Bertz CT molecular complexity index is 1020. The van der Waals surface area contributed by atoms with Crippen molar-refractivity contribution < 1.29 is 18.0 Å². The molecule has 0 saturated heterocycles. The van der Waals surface area contributed by atoms with Crippen LogP contribution < -0.4 is 5.32 Å². The van der Waals surface area contributed by atoms with Crippen molar-refractivity contribution in [1.29, 1.82) is 0 Å². The molecule has 1 aromatic carbocycles. The van der Waals surface area contributed by atoms with Crippen LogP contribution in [0.4, 0.5) is 19.1 Å². The average molecular weight is 361 g/mol. The second-order valence-corrected chi connectivity index (χ2v) is 6.12. The Morgan fingerprint density at radius 1 is 1.31 bits per heavy atom. The highest BCUT2D eigenvalue weighted by Gasteiger charge is 2.51. The van der Waals surface area contributed by atoms with Gasteiger partial charge < -0.3 is 4.57 Å². The third kappa shape index (κ3) is 2.23. The first kappa shape index (κ1) is 16.4. The number of nitrogens with zero attached hydrogens (tertiary/aromatic N) is 4. The third-order valence-electron chi connectivity index (χ3n) is 4.35. The lowest BCUT2D eigenvalue weighted by Crippen LogP contribution is -2.31. The summed E-state index contributed by atoms with van der Waals surface area (Å²) in [6.07, 6.45) is -1.28. The molecular weight excluding hydrogens is 347 g/mol. The van der Waals surface area contributed by atoms with Crippen LogP contribution in [0.3, 0.4) is 0 Å². The lowest BCUT2D eigenvalue weighted by molar-refractivity contribution is -0.0871. The van der Waals surface area contributed by atoms with Crippen molar-refractivity contribution in [3.8, 4) is 5.69 Å². The molecule has 1 aliphatic heterocycles. The molecule has 0 fully saturated rings. The Balaban J connectivity index is 1.85. The van der Waals surface area contributed by atoms with Crippen LogP contribution in [0.15, 0.2) is 36.7 Å². The molecule has 2 aromatic heterocycles. The van der Waals surface area contributed by atoms with Crippen LogP contribution in [-0.2, 0) is 13.0 Å². The molecule has 1 aliphatic rings. The lowest BCUT2D eigenvalue weighted by Gasteiger charge is -2.31. The Morgan fingerprint density at radius 2 is 2.04 bits per heavy atom. The number of hydrogen-bond donors (Lipinski definition) is 1. The number of benzene rings is 1. The molecular formula is C17H14F3N5O. The molecule has 0 bridgehead atoms. The van der Waals surface area contributed by atoms with Crippen molar-refractivity contribution in [2.45, 2.75) is 19.0 Å². The van der Waals surface area contributed by atoms with E-state index >= 15 is 0 Å². The first-order valence-electron chi connectivity index (χ1n) is 7.81. The predicted octanol–water partition coefficient (Wildman–Crippen LogP) is 3.28. The van der Waals surface area contributed by atoms with E-state index < -0.39 is 23.6 Å². The van der Waals surface area contributed by atoms with Crippen LogP contribution in [0, 0.1) is 6.92 Å². The number of aromatic nitrogens is 4. The van der Waals surface area contributed by atoms with Gasteiger partial charge in [-0.25, -0.2) is 9.37 Å². The van der Waals surface area contributed by atoms with Gasteiger partial charge in [-0.05, 0) is 19.1 Å². The highest BCUT2D eigenvalue weighted by atomic mass is 19.3. The predicted molar refractivity (Wildman–Crippen MR) is 87.2 cm³/mol. The van der Waals surface area contributed by atoms with Gasteiger partial charge in [0, 0.05) is 18.3 Å². The molecule has 1 amide bonds. The first-order valence-corrected chi connectivity index (χ1v) is 7.81. The number of aryl methyl sites for hydroxylation is 2. The van der Waals surface area contributed by atoms with Crippen LogP contribution in [0.1, 0.15) is 33.5 Å². The minimum Gasteiger partial charge on any atom is -0.314 e. The summed E-state index contributed by atoms with van der Waals surface area (Å²) in [6, 6.07) is 7.09. The topological polar surface area (TPSA) is 64.7 Å². The summed E-state index contributed by atoms with van der Waals surface area (Å²) in [7, 11) is 1.61. The average Bonchev–Trinajstić information content (AvgIpc) is 3.16. The number of fused-ring (bicyclic) bond motifs is 3. The molecule has 3 aromatic rings. The van der Waals surface area contributed by atoms with E-state index in [-0.39, 0.29) is 22.9 Å². The molecule has 134 valence electrons. The largest absolute Gasteiger partial charge is 0.314 e. The summed E-state index contributed by atoms with van der Waals surface area (Å²) in [5, 5.41) is 6.31. The number of para-hydroxylation sites is 1. The fourth-order valence-electron chi connectivity index (χ4n) is 3.23. The number of nitrogens with one attached hydrogen (secondary N) is 1. The molecule has 3 heterocycles. The summed E-state index contributed by atoms with van der Waals surface area (Å²) in [4.78, 5) is 16.4. The number of carbonyl (C=O) groups is 1. The van der Waals surface area contributed by atoms with Crippen LogP contribution in [-0.4, -0.2) is 25.2 Å². The van der Waals surface area contributed by atoms with Gasteiger partial charge in [-0.3, -0.25) is 14.8 Å². The maximum atomic E-state index is 14.8. The van der Waals surface area contributed by atoms with Crippen LogP contribution in [0.2, 0.25) is 0 Å². The number of halogens is 3. The van der Waals surface area contributed by atoms with E-state index in [9.17, 15) is 18.0 Å². The molecule has 26 heavy (non-hydrogen) atoms. The van der Waals surface area contributed by atoms with Crippen molar-refractivity contribution in [2.24, 2.45) is 7.05 Å². The zero-order valence-corrected chi connectivity index (χ0v) is 13.9. The zero-order valence-electron chi connectivity index (χ0n) is 13.9. The van der Waals surface area contributed by atoms with E-state index in [0.717, 1.165) is 0 Å². The van der Waals surface area contributed by atoms with Crippen molar-refractivity contribution in [3.63, 3.8) is 0 Å². The number of rotatable bonds is 2. The van der Waals surface area contributed by atoms with Gasteiger partial charge >= 0.3 is 5.92 Å². The van der Waals surface area contributed by atoms with Crippen molar-refractivity contribution in [1.82, 2.24) is 19.3 Å². The van der Waals surface area contributed by atoms with Gasteiger partial charge in [-0.2, -0.15) is 8.78 Å². The van der Waals surface area contributed by atoms with Crippen LogP contribution in [0.25, 0.3) is 5.69 Å². The molecule has 1 unspecified atom stereocenters. The van der Waals surface area contributed by atoms with Crippen molar-refractivity contribution in [2.75, 3.05) is 5.32 Å². The Labute approximate surface area is 146 Å². The van der Waals surface area contributed by atoms with E-state index in [1.54, 1.807) is 20.0 Å². The summed E-state index contributed by atoms with van der Waals surface area (Å²) < 4.78 is 46.8. The normalized spacial score (nSPS) is 17.5. The minimum atomic E-state index is -3.74. The second-order valence-electron chi connectivity index (χ2n) is 6.12. The smallest absolute Gasteiger partial charge is 0.311 e. The highest BCUT2D eigenvalue weighted by molar-refractivity contribution is 6.04. The number of hydrogen-bond acceptors (Lipinski definition) is 3. The summed E-state index contributed by atoms with van der Waals surface area (Å²) in [5.74, 6) is -4.48. The number of anilines is 1. The van der Waals surface area contributed by atoms with Crippen molar-refractivity contribution >= 4 is 11.9 Å². The van der Waals surface area contributed by atoms with Gasteiger partial charge in [-0.15, -0.1) is 5.10 Å². The summed E-state index contributed by atoms with van der Waals surface area (Å²) in [6.45, 7) is 1.63. The molecule has 0 aliphatic carbocycles. The molecule has 1 atom stereocenters. The maximum absolute atomic E-state index is 14.8. The highest BCUT2D eigenvalue weighted by Crippen LogP contribution is 2.51. The quantitative estimate of drug-likeness (QED) is 0.762.